The van der Waals surface area contributed by atoms with Crippen LogP contribution in [0.4, 0.5) is 0 Å². The number of ether oxygens (including phenoxy) is 1. The number of nitrogens with one attached hydrogen (secondary N) is 1. The predicted molar refractivity (Wildman–Crippen MR) is 72.7 cm³/mol. The van der Waals surface area contributed by atoms with Gasteiger partial charge in [0.25, 0.3) is 0 Å². The molecular formula is C14H28N2O2. The molecular weight excluding hydrogens is 228 g/mol. The minimum atomic E-state index is 0.299. The van der Waals surface area contributed by atoms with Gasteiger partial charge in [-0.2, -0.15) is 0 Å². The minimum absolute atomic E-state index is 0.299. The molecule has 2 saturated heterocycles. The Bertz CT molecular complexity index is 242. The molecule has 2 unspecified atom stereocenters. The van der Waals surface area contributed by atoms with E-state index in [1.807, 2.05) is 0 Å². The van der Waals surface area contributed by atoms with Crippen molar-refractivity contribution < 1.29 is 9.84 Å². The Kier molecular flexibility index (Phi) is 5.42. The van der Waals surface area contributed by atoms with Gasteiger partial charge < -0.3 is 20.1 Å². The number of piperidine rings is 1. The minimum Gasteiger partial charge on any atom is -0.396 e. The molecule has 0 aromatic carbocycles. The maximum atomic E-state index is 9.31. The Morgan fingerprint density at radius 3 is 3.06 bits per heavy atom. The molecule has 2 rings (SSSR count). The fourth-order valence-corrected chi connectivity index (χ4v) is 3.28. The summed E-state index contributed by atoms with van der Waals surface area (Å²) in [6.45, 7) is 9.75. The van der Waals surface area contributed by atoms with Gasteiger partial charge in [-0.05, 0) is 38.3 Å². The quantitative estimate of drug-likeness (QED) is 0.734. The molecule has 2 aliphatic rings. The molecule has 0 spiro atoms. The molecule has 2 aliphatic heterocycles. The summed E-state index contributed by atoms with van der Waals surface area (Å²) in [7, 11) is 0. The number of nitrogens with zero attached hydrogens (tertiary/aromatic N) is 1. The Morgan fingerprint density at radius 1 is 1.50 bits per heavy atom. The molecule has 0 bridgehead atoms. The molecule has 0 amide bonds. The lowest BCUT2D eigenvalue weighted by molar-refractivity contribution is 0.0668. The molecule has 2 N–H and O–H groups in total. The highest BCUT2D eigenvalue weighted by Gasteiger charge is 2.37. The Hall–Kier alpha value is -0.160. The van der Waals surface area contributed by atoms with Gasteiger partial charge in [-0.1, -0.05) is 6.92 Å². The summed E-state index contributed by atoms with van der Waals surface area (Å²) < 4.78 is 5.64. The third kappa shape index (κ3) is 3.67. The smallest absolute Gasteiger partial charge is 0.0547 e. The van der Waals surface area contributed by atoms with Crippen molar-refractivity contribution in [1.82, 2.24) is 10.2 Å². The van der Waals surface area contributed by atoms with Gasteiger partial charge in [-0.15, -0.1) is 0 Å². The maximum Gasteiger partial charge on any atom is 0.0547 e. The van der Waals surface area contributed by atoms with Crippen LogP contribution >= 0.6 is 0 Å². The highest BCUT2D eigenvalue weighted by atomic mass is 16.5. The molecule has 0 aromatic rings. The van der Waals surface area contributed by atoms with Crippen molar-refractivity contribution in [3.63, 3.8) is 0 Å². The molecule has 2 atom stereocenters. The first-order chi connectivity index (χ1) is 8.78. The van der Waals surface area contributed by atoms with Gasteiger partial charge in [-0.25, -0.2) is 0 Å². The maximum absolute atomic E-state index is 9.31. The summed E-state index contributed by atoms with van der Waals surface area (Å²) in [5, 5.41) is 12.8. The average Bonchev–Trinajstić information content (AvgIpc) is 2.85. The third-order valence-electron chi connectivity index (χ3n) is 4.36. The summed E-state index contributed by atoms with van der Waals surface area (Å²) in [5.41, 5.74) is 0.299. The fraction of sp³-hybridized carbons (Fsp3) is 1.00. The van der Waals surface area contributed by atoms with Crippen molar-refractivity contribution in [3.8, 4) is 0 Å². The zero-order valence-corrected chi connectivity index (χ0v) is 11.7. The molecule has 106 valence electrons. The summed E-state index contributed by atoms with van der Waals surface area (Å²) >= 11 is 0. The normalized spacial score (nSPS) is 34.0. The van der Waals surface area contributed by atoms with Crippen LogP contribution in [-0.4, -0.2) is 62.6 Å². The van der Waals surface area contributed by atoms with Crippen LogP contribution < -0.4 is 5.32 Å². The van der Waals surface area contributed by atoms with E-state index in [2.05, 4.69) is 17.1 Å². The van der Waals surface area contributed by atoms with Crippen molar-refractivity contribution in [2.24, 2.45) is 11.3 Å². The van der Waals surface area contributed by atoms with Crippen molar-refractivity contribution in [2.45, 2.75) is 26.2 Å². The number of aliphatic hydroxyl groups is 1. The average molecular weight is 256 g/mol. The van der Waals surface area contributed by atoms with E-state index in [1.165, 1.54) is 25.8 Å². The summed E-state index contributed by atoms with van der Waals surface area (Å²) in [4.78, 5) is 2.54. The van der Waals surface area contributed by atoms with Crippen LogP contribution in [-0.2, 0) is 4.74 Å². The van der Waals surface area contributed by atoms with Gasteiger partial charge in [0.15, 0.2) is 0 Å². The van der Waals surface area contributed by atoms with E-state index in [4.69, 9.17) is 4.74 Å². The monoisotopic (exact) mass is 256 g/mol. The van der Waals surface area contributed by atoms with E-state index in [0.717, 1.165) is 39.4 Å². The third-order valence-corrected chi connectivity index (χ3v) is 4.36. The van der Waals surface area contributed by atoms with Gasteiger partial charge in [-0.3, -0.25) is 0 Å². The van der Waals surface area contributed by atoms with Crippen molar-refractivity contribution in [1.29, 1.82) is 0 Å². The number of aliphatic hydroxyl groups excluding tert-OH is 1. The van der Waals surface area contributed by atoms with Crippen LogP contribution in [0.25, 0.3) is 0 Å². The van der Waals surface area contributed by atoms with Crippen LogP contribution in [0.1, 0.15) is 26.2 Å². The lowest BCUT2D eigenvalue weighted by Gasteiger charge is -2.38. The van der Waals surface area contributed by atoms with Crippen LogP contribution in [0, 0.1) is 11.3 Å². The molecule has 0 saturated carbocycles. The van der Waals surface area contributed by atoms with Crippen LogP contribution in [0.5, 0.6) is 0 Å². The number of hydrogen-bond donors (Lipinski definition) is 2. The molecule has 4 nitrogen and oxygen atoms in total. The largest absolute Gasteiger partial charge is 0.396 e. The standard InChI is InChI=1S/C14H28N2O2/c1-2-15-10-14(5-7-18-12-14)11-16-6-3-4-13(8-16)9-17/h13,15,17H,2-12H2,1H3. The SMILES string of the molecule is CCNCC1(CN2CCCC(CO)C2)CCOC1. The molecule has 0 aliphatic carbocycles. The van der Waals surface area contributed by atoms with E-state index in [0.29, 0.717) is 17.9 Å². The second kappa shape index (κ2) is 6.85. The zero-order chi connectivity index (χ0) is 12.8. The molecule has 0 radical (unpaired) electrons. The number of rotatable bonds is 6. The summed E-state index contributed by atoms with van der Waals surface area (Å²) in [6.07, 6.45) is 3.58. The first-order valence-electron chi connectivity index (χ1n) is 7.40. The van der Waals surface area contributed by atoms with Crippen LogP contribution in [0.15, 0.2) is 0 Å². The highest BCUT2D eigenvalue weighted by Crippen LogP contribution is 2.30. The Labute approximate surface area is 111 Å². The van der Waals surface area contributed by atoms with Crippen LogP contribution in [0.2, 0.25) is 0 Å². The second-order valence-corrected chi connectivity index (χ2v) is 6.01. The van der Waals surface area contributed by atoms with Crippen molar-refractivity contribution >= 4 is 0 Å². The Balaban J connectivity index is 1.87. The molecule has 0 aromatic heterocycles. The van der Waals surface area contributed by atoms with Gasteiger partial charge in [0.2, 0.25) is 0 Å². The van der Waals surface area contributed by atoms with E-state index in [1.54, 1.807) is 0 Å². The molecule has 18 heavy (non-hydrogen) atoms. The molecule has 2 heterocycles. The van der Waals surface area contributed by atoms with Gasteiger partial charge in [0, 0.05) is 38.3 Å². The van der Waals surface area contributed by atoms with Gasteiger partial charge >= 0.3 is 0 Å². The zero-order valence-electron chi connectivity index (χ0n) is 11.7. The van der Waals surface area contributed by atoms with Crippen molar-refractivity contribution in [3.05, 3.63) is 0 Å². The fourth-order valence-electron chi connectivity index (χ4n) is 3.28. The van der Waals surface area contributed by atoms with E-state index < -0.39 is 0 Å². The summed E-state index contributed by atoms with van der Waals surface area (Å²) in [6, 6.07) is 0. The number of hydrogen-bond acceptors (Lipinski definition) is 4. The lowest BCUT2D eigenvalue weighted by Crippen LogP contribution is -2.48. The topological polar surface area (TPSA) is 44.7 Å². The Morgan fingerprint density at radius 2 is 2.39 bits per heavy atom. The van der Waals surface area contributed by atoms with E-state index >= 15 is 0 Å². The second-order valence-electron chi connectivity index (χ2n) is 6.01. The first kappa shape index (κ1) is 14.3. The van der Waals surface area contributed by atoms with E-state index in [9.17, 15) is 5.11 Å². The highest BCUT2D eigenvalue weighted by molar-refractivity contribution is 4.89. The van der Waals surface area contributed by atoms with Crippen molar-refractivity contribution in [2.75, 3.05) is 52.5 Å². The van der Waals surface area contributed by atoms with Gasteiger partial charge in [0.05, 0.1) is 6.61 Å². The first-order valence-corrected chi connectivity index (χ1v) is 7.40. The lowest BCUT2D eigenvalue weighted by atomic mass is 9.85. The van der Waals surface area contributed by atoms with Crippen LogP contribution in [0.3, 0.4) is 0 Å². The molecule has 4 heteroatoms. The van der Waals surface area contributed by atoms with Gasteiger partial charge in [0.1, 0.15) is 0 Å². The molecule has 2 fully saturated rings. The predicted octanol–water partition coefficient (Wildman–Crippen LogP) is 0.707. The summed E-state index contributed by atoms with van der Waals surface area (Å²) in [5.74, 6) is 0.484. The number of likely N-dealkylation sites (tertiary alicyclic amines) is 1. The van der Waals surface area contributed by atoms with E-state index in [-0.39, 0.29) is 0 Å².